The van der Waals surface area contributed by atoms with Gasteiger partial charge in [0.2, 0.25) is 0 Å². The lowest BCUT2D eigenvalue weighted by atomic mass is 9.75. The Morgan fingerprint density at radius 1 is 1.06 bits per heavy atom. The number of halogens is 3. The van der Waals surface area contributed by atoms with E-state index in [1.54, 1.807) is 18.1 Å². The van der Waals surface area contributed by atoms with E-state index in [0.29, 0.717) is 36.1 Å². The normalized spacial score (nSPS) is 15.3. The molecule has 1 heterocycles. The summed E-state index contributed by atoms with van der Waals surface area (Å²) in [5, 5.41) is 0. The first kappa shape index (κ1) is 22.8. The van der Waals surface area contributed by atoms with Crippen molar-refractivity contribution in [2.45, 2.75) is 39.4 Å². The molecule has 0 bridgehead atoms. The van der Waals surface area contributed by atoms with Gasteiger partial charge in [0, 0.05) is 31.9 Å². The van der Waals surface area contributed by atoms with E-state index in [2.05, 4.69) is 4.98 Å². The number of alkyl halides is 3. The second-order valence-electron chi connectivity index (χ2n) is 9.43. The average molecular weight is 454 g/mol. The van der Waals surface area contributed by atoms with Gasteiger partial charge in [0.1, 0.15) is 0 Å². The number of amides is 1. The predicted octanol–water partition coefficient (Wildman–Crippen LogP) is 6.13. The van der Waals surface area contributed by atoms with Crippen LogP contribution in [0.15, 0.2) is 54.7 Å². The van der Waals surface area contributed by atoms with Crippen LogP contribution in [0.4, 0.5) is 13.2 Å². The molecule has 4 rings (SSSR count). The minimum absolute atomic E-state index is 0.0245. The molecule has 7 heteroatoms. The number of rotatable bonds is 4. The number of aromatic amines is 1. The molecule has 3 aromatic rings. The summed E-state index contributed by atoms with van der Waals surface area (Å²) in [6, 6.07) is 12.3. The molecule has 0 fully saturated rings. The van der Waals surface area contributed by atoms with Crippen molar-refractivity contribution >= 4 is 11.7 Å². The Hall–Kier alpha value is -3.35. The van der Waals surface area contributed by atoms with Crippen LogP contribution in [0.1, 0.15) is 57.8 Å². The molecule has 2 aromatic carbocycles. The number of fused-ring (bicyclic) bond motifs is 1. The van der Waals surface area contributed by atoms with Crippen LogP contribution >= 0.6 is 0 Å². The molecule has 1 aliphatic rings. The Balaban J connectivity index is 1.52. The molecule has 4 nitrogen and oxygen atoms in total. The fourth-order valence-corrected chi connectivity index (χ4v) is 4.41. The van der Waals surface area contributed by atoms with Gasteiger partial charge in [-0.1, -0.05) is 44.2 Å². The zero-order valence-corrected chi connectivity index (χ0v) is 18.7. The minimum atomic E-state index is -4.38. The van der Waals surface area contributed by atoms with Gasteiger partial charge in [0.05, 0.1) is 16.7 Å². The van der Waals surface area contributed by atoms with Gasteiger partial charge >= 0.3 is 6.18 Å². The van der Waals surface area contributed by atoms with Crippen LogP contribution in [0.5, 0.6) is 0 Å². The highest BCUT2D eigenvalue weighted by Gasteiger charge is 2.35. The van der Waals surface area contributed by atoms with Gasteiger partial charge in [-0.05, 0) is 46.7 Å². The van der Waals surface area contributed by atoms with Crippen LogP contribution in [0.3, 0.4) is 0 Å². The van der Waals surface area contributed by atoms with Crippen molar-refractivity contribution in [3.8, 4) is 11.1 Å². The maximum Gasteiger partial charge on any atom is 0.416 e. The molecule has 0 atom stereocenters. The summed E-state index contributed by atoms with van der Waals surface area (Å²) in [6.07, 6.45) is -1.66. The number of nitrogens with one attached hydrogen (secondary N) is 1. The van der Waals surface area contributed by atoms with Crippen LogP contribution in [-0.2, 0) is 19.1 Å². The van der Waals surface area contributed by atoms with Crippen LogP contribution in [-0.4, -0.2) is 28.6 Å². The van der Waals surface area contributed by atoms with Gasteiger partial charge < -0.3 is 9.88 Å². The third-order valence-corrected chi connectivity index (χ3v) is 6.00. The lowest BCUT2D eigenvalue weighted by molar-refractivity contribution is -0.137. The molecule has 172 valence electrons. The number of hydrogen-bond acceptors (Lipinski definition) is 2. The van der Waals surface area contributed by atoms with Gasteiger partial charge in [-0.2, -0.15) is 13.2 Å². The quantitative estimate of drug-likeness (QED) is 0.516. The maximum atomic E-state index is 13.1. The molecule has 0 saturated heterocycles. The van der Waals surface area contributed by atoms with Gasteiger partial charge in [0.25, 0.3) is 5.91 Å². The van der Waals surface area contributed by atoms with E-state index >= 15 is 0 Å². The van der Waals surface area contributed by atoms with Crippen molar-refractivity contribution < 1.29 is 22.8 Å². The predicted molar refractivity (Wildman–Crippen MR) is 120 cm³/mol. The third-order valence-electron chi connectivity index (χ3n) is 6.00. The molecular formula is C26H25F3N2O2. The zero-order chi connectivity index (χ0) is 24.0. The molecule has 0 radical (unpaired) electrons. The lowest BCUT2D eigenvalue weighted by Gasteiger charge is -2.28. The number of benzene rings is 2. The lowest BCUT2D eigenvalue weighted by Crippen LogP contribution is -2.30. The van der Waals surface area contributed by atoms with Crippen LogP contribution in [0.25, 0.3) is 11.1 Å². The Kier molecular flexibility index (Phi) is 5.68. The summed E-state index contributed by atoms with van der Waals surface area (Å²) in [5.41, 5.74) is 3.10. The first-order valence-electron chi connectivity index (χ1n) is 10.7. The van der Waals surface area contributed by atoms with E-state index in [1.807, 2.05) is 38.1 Å². The number of ketones is 1. The summed E-state index contributed by atoms with van der Waals surface area (Å²) >= 11 is 0. The molecule has 1 aliphatic carbocycles. The second-order valence-corrected chi connectivity index (χ2v) is 9.43. The molecule has 0 aliphatic heterocycles. The average Bonchev–Trinajstić information content (AvgIpc) is 3.15. The summed E-state index contributed by atoms with van der Waals surface area (Å²) in [6.45, 7) is 4.37. The van der Waals surface area contributed by atoms with Crippen LogP contribution in [0.2, 0.25) is 0 Å². The molecule has 1 amide bonds. The highest BCUT2D eigenvalue weighted by atomic mass is 19.4. The van der Waals surface area contributed by atoms with Crippen molar-refractivity contribution in [2.75, 3.05) is 7.05 Å². The summed E-state index contributed by atoms with van der Waals surface area (Å²) in [5.74, 6) is -0.274. The fraction of sp³-hybridized carbons (Fsp3) is 0.308. The zero-order valence-electron chi connectivity index (χ0n) is 18.7. The van der Waals surface area contributed by atoms with Gasteiger partial charge in [-0.3, -0.25) is 9.59 Å². The molecule has 0 unspecified atom stereocenters. The Morgan fingerprint density at radius 2 is 1.76 bits per heavy atom. The van der Waals surface area contributed by atoms with Crippen LogP contribution < -0.4 is 0 Å². The molecule has 0 saturated carbocycles. The van der Waals surface area contributed by atoms with E-state index in [4.69, 9.17) is 0 Å². The number of aromatic nitrogens is 1. The fourth-order valence-electron chi connectivity index (χ4n) is 4.41. The van der Waals surface area contributed by atoms with Gasteiger partial charge in [-0.15, -0.1) is 0 Å². The minimum Gasteiger partial charge on any atom is -0.364 e. The summed E-state index contributed by atoms with van der Waals surface area (Å²) < 4.78 is 38.5. The summed E-state index contributed by atoms with van der Waals surface area (Å²) in [4.78, 5) is 30.5. The van der Waals surface area contributed by atoms with E-state index in [-0.39, 0.29) is 17.1 Å². The Bertz CT molecular complexity index is 1210. The smallest absolute Gasteiger partial charge is 0.364 e. The molecule has 1 aromatic heterocycles. The number of carbonyl (C=O) groups excluding carboxylic acids is 2. The molecule has 0 spiro atoms. The molecule has 1 N–H and O–H groups in total. The number of Topliss-reactive ketones (excluding diaryl/α,β-unsaturated/α-hetero) is 1. The van der Waals surface area contributed by atoms with Crippen molar-refractivity contribution in [3.63, 3.8) is 0 Å². The largest absolute Gasteiger partial charge is 0.416 e. The third kappa shape index (κ3) is 4.72. The van der Waals surface area contributed by atoms with E-state index in [1.165, 1.54) is 12.1 Å². The van der Waals surface area contributed by atoms with Gasteiger partial charge in [0.15, 0.2) is 5.78 Å². The van der Waals surface area contributed by atoms with E-state index in [0.717, 1.165) is 29.0 Å². The SMILES string of the molecule is CN(Cc1cccc(-c2ccc(C(F)(F)F)cc2)c1)C(=O)c1c[nH]c2c1C(=O)CC(C)(C)C2. The first-order chi connectivity index (χ1) is 15.4. The number of nitrogens with zero attached hydrogens (tertiary/aromatic N) is 1. The van der Waals surface area contributed by atoms with Crippen molar-refractivity contribution in [3.05, 3.63) is 82.7 Å². The Labute approximate surface area is 190 Å². The number of hydrogen-bond donors (Lipinski definition) is 1. The van der Waals surface area contributed by atoms with Gasteiger partial charge in [-0.25, -0.2) is 0 Å². The van der Waals surface area contributed by atoms with E-state index in [9.17, 15) is 22.8 Å². The maximum absolute atomic E-state index is 13.1. The highest BCUT2D eigenvalue weighted by Crippen LogP contribution is 2.36. The summed E-state index contributed by atoms with van der Waals surface area (Å²) in [7, 11) is 1.67. The van der Waals surface area contributed by atoms with Crippen molar-refractivity contribution in [1.29, 1.82) is 0 Å². The monoisotopic (exact) mass is 454 g/mol. The standard InChI is InChI=1S/C26H25F3N2O2/c1-25(2)12-21-23(22(32)13-25)20(14-30-21)24(33)31(3)15-16-5-4-6-18(11-16)17-7-9-19(10-8-17)26(27,28)29/h4-11,14,30H,12-13,15H2,1-3H3. The highest BCUT2D eigenvalue weighted by molar-refractivity contribution is 6.09. The van der Waals surface area contributed by atoms with Crippen molar-refractivity contribution in [2.24, 2.45) is 5.41 Å². The Morgan fingerprint density at radius 3 is 2.42 bits per heavy atom. The van der Waals surface area contributed by atoms with E-state index < -0.39 is 11.7 Å². The first-order valence-corrected chi connectivity index (χ1v) is 10.7. The molecule has 33 heavy (non-hydrogen) atoms. The number of carbonyl (C=O) groups is 2. The van der Waals surface area contributed by atoms with Crippen molar-refractivity contribution in [1.82, 2.24) is 9.88 Å². The number of H-pyrrole nitrogens is 1. The van der Waals surface area contributed by atoms with Crippen LogP contribution in [0, 0.1) is 5.41 Å². The molecular weight excluding hydrogens is 429 g/mol. The second kappa shape index (κ2) is 8.21. The topological polar surface area (TPSA) is 53.2 Å².